The van der Waals surface area contributed by atoms with E-state index in [2.05, 4.69) is 383 Å². The second-order valence-electron chi connectivity index (χ2n) is 29.8. The molecule has 14 rings (SSSR count). The SMILES string of the molecule is CC(C)(C)c1ccc2c(c1)c1cc(C(C)(C)C)ccc1n2-c1cc(C(=C(c2ccccc2)c2ccccc2)c2ccccc2)ccc1-c1ccc(C(=C(c2ccccc2)c2ccccc2)c2ccccc2)cc1-n1c2ccc(C(C)(C)C)cc2c2cc(C(C)(C)C)ccc21. The van der Waals surface area contributed by atoms with E-state index >= 15 is 0 Å². The van der Waals surface area contributed by atoms with Crippen molar-refractivity contribution in [3.8, 4) is 22.5 Å². The van der Waals surface area contributed by atoms with Gasteiger partial charge < -0.3 is 9.13 Å². The molecule has 0 aliphatic heterocycles. The number of nitrogens with zero attached hydrogens (tertiary/aromatic N) is 2. The maximum Gasteiger partial charge on any atom is 0.0547 e. The lowest BCUT2D eigenvalue weighted by Crippen LogP contribution is -2.10. The summed E-state index contributed by atoms with van der Waals surface area (Å²) in [5, 5.41) is 4.97. The molecule has 0 fully saturated rings. The van der Waals surface area contributed by atoms with Gasteiger partial charge in [-0.25, -0.2) is 0 Å². The average Bonchev–Trinajstić information content (AvgIpc) is 1.54. The van der Waals surface area contributed by atoms with Crippen LogP contribution >= 0.6 is 0 Å². The zero-order valence-corrected chi connectivity index (χ0v) is 56.6. The smallest absolute Gasteiger partial charge is 0.0547 e. The van der Waals surface area contributed by atoms with Gasteiger partial charge in [-0.15, -0.1) is 0 Å². The number of rotatable bonds is 11. The molecule has 0 saturated carbocycles. The largest absolute Gasteiger partial charge is 0.309 e. The summed E-state index contributed by atoms with van der Waals surface area (Å²) < 4.78 is 5.20. The zero-order valence-electron chi connectivity index (χ0n) is 56.6. The first-order chi connectivity index (χ1) is 45.2. The molecule has 0 bridgehead atoms. The third kappa shape index (κ3) is 11.4. The molecule has 14 aromatic rings. The number of benzene rings is 12. The number of hydrogen-bond acceptors (Lipinski definition) is 0. The van der Waals surface area contributed by atoms with E-state index in [1.54, 1.807) is 0 Å². The highest BCUT2D eigenvalue weighted by Crippen LogP contribution is 2.48. The van der Waals surface area contributed by atoms with Gasteiger partial charge in [-0.05, 0) is 171 Å². The van der Waals surface area contributed by atoms with Gasteiger partial charge in [-0.1, -0.05) is 314 Å². The van der Waals surface area contributed by atoms with Crippen molar-refractivity contribution in [3.05, 3.63) is 358 Å². The van der Waals surface area contributed by atoms with Crippen LogP contribution in [0.5, 0.6) is 0 Å². The quantitative estimate of drug-likeness (QED) is 0.114. The van der Waals surface area contributed by atoms with Crippen LogP contribution in [0.25, 0.3) is 88.4 Å². The van der Waals surface area contributed by atoms with Crippen molar-refractivity contribution in [1.29, 1.82) is 0 Å². The van der Waals surface area contributed by atoms with E-state index in [4.69, 9.17) is 0 Å². The minimum absolute atomic E-state index is 0.0792. The van der Waals surface area contributed by atoms with Crippen molar-refractivity contribution in [1.82, 2.24) is 9.13 Å². The van der Waals surface area contributed by atoms with E-state index in [9.17, 15) is 0 Å². The summed E-state index contributed by atoms with van der Waals surface area (Å²) >= 11 is 0. The van der Waals surface area contributed by atoms with Crippen molar-refractivity contribution < 1.29 is 0 Å². The second-order valence-corrected chi connectivity index (χ2v) is 29.8. The van der Waals surface area contributed by atoms with E-state index in [0.717, 1.165) is 100 Å². The molecule has 94 heavy (non-hydrogen) atoms. The minimum Gasteiger partial charge on any atom is -0.309 e. The Bertz CT molecular complexity index is 4650. The van der Waals surface area contributed by atoms with Crippen molar-refractivity contribution in [2.24, 2.45) is 0 Å². The summed E-state index contributed by atoms with van der Waals surface area (Å²) in [6.45, 7) is 28.0. The van der Waals surface area contributed by atoms with E-state index in [1.165, 1.54) is 54.9 Å². The highest BCUT2D eigenvalue weighted by atomic mass is 15.0. The fraction of sp³-hybridized carbons (Fsp3) is 0.174. The molecule has 0 N–H and O–H groups in total. The molecule has 0 radical (unpaired) electrons. The Balaban J connectivity index is 1.18. The average molecular weight is 1220 g/mol. The Morgan fingerprint density at radius 3 is 0.606 bits per heavy atom. The fourth-order valence-corrected chi connectivity index (χ4v) is 14.1. The summed E-state index contributed by atoms with van der Waals surface area (Å²) in [5.41, 5.74) is 27.7. The molecule has 0 amide bonds. The Hall–Kier alpha value is -10.3. The van der Waals surface area contributed by atoms with Gasteiger partial charge in [-0.2, -0.15) is 0 Å². The highest BCUT2D eigenvalue weighted by molar-refractivity contribution is 6.14. The van der Waals surface area contributed by atoms with Crippen LogP contribution in [0, 0.1) is 0 Å². The molecule has 2 nitrogen and oxygen atoms in total. The third-order valence-corrected chi connectivity index (χ3v) is 19.2. The predicted octanol–water partition coefficient (Wildman–Crippen LogP) is 24.8. The molecule has 0 saturated heterocycles. The zero-order chi connectivity index (χ0) is 65.3. The van der Waals surface area contributed by atoms with Crippen LogP contribution in [0.2, 0.25) is 0 Å². The fourth-order valence-electron chi connectivity index (χ4n) is 14.1. The first-order valence-corrected chi connectivity index (χ1v) is 33.5. The van der Waals surface area contributed by atoms with Crippen molar-refractivity contribution >= 4 is 65.9 Å². The molecule has 0 aliphatic carbocycles. The lowest BCUT2D eigenvalue weighted by molar-refractivity contribution is 0.590. The normalized spacial score (nSPS) is 12.3. The molecule has 0 atom stereocenters. The maximum absolute atomic E-state index is 2.60. The van der Waals surface area contributed by atoms with Crippen LogP contribution in [0.4, 0.5) is 0 Å². The van der Waals surface area contributed by atoms with E-state index in [1.807, 2.05) is 0 Å². The Kier molecular flexibility index (Phi) is 15.6. The van der Waals surface area contributed by atoms with Gasteiger partial charge in [0.15, 0.2) is 0 Å². The third-order valence-electron chi connectivity index (χ3n) is 19.2. The van der Waals surface area contributed by atoms with Gasteiger partial charge in [0.05, 0.1) is 33.4 Å². The van der Waals surface area contributed by atoms with E-state index < -0.39 is 0 Å². The van der Waals surface area contributed by atoms with Gasteiger partial charge in [0, 0.05) is 32.7 Å². The van der Waals surface area contributed by atoms with Crippen LogP contribution in [0.3, 0.4) is 0 Å². The van der Waals surface area contributed by atoms with E-state index in [-0.39, 0.29) is 21.7 Å². The van der Waals surface area contributed by atoms with Crippen LogP contribution in [0.15, 0.2) is 291 Å². The number of aromatic nitrogens is 2. The molecule has 2 heteroatoms. The van der Waals surface area contributed by atoms with Crippen molar-refractivity contribution in [2.75, 3.05) is 0 Å². The van der Waals surface area contributed by atoms with Gasteiger partial charge in [0.2, 0.25) is 0 Å². The molecule has 0 aliphatic rings. The summed E-state index contributed by atoms with van der Waals surface area (Å²) in [7, 11) is 0. The summed E-state index contributed by atoms with van der Waals surface area (Å²) in [4.78, 5) is 0. The summed E-state index contributed by atoms with van der Waals surface area (Å²) in [6.07, 6.45) is 0. The van der Waals surface area contributed by atoms with Crippen molar-refractivity contribution in [2.45, 2.75) is 105 Å². The highest BCUT2D eigenvalue weighted by Gasteiger charge is 2.29. The minimum atomic E-state index is -0.0792. The molecule has 462 valence electrons. The molecular weight excluding hydrogens is 1130 g/mol. The number of fused-ring (bicyclic) bond motifs is 6. The Morgan fingerprint density at radius 2 is 0.404 bits per heavy atom. The second kappa shape index (κ2) is 24.0. The first-order valence-electron chi connectivity index (χ1n) is 33.5. The monoisotopic (exact) mass is 1220 g/mol. The summed E-state index contributed by atoms with van der Waals surface area (Å²) in [6, 6.07) is 110. The molecule has 2 heterocycles. The van der Waals surface area contributed by atoms with Crippen LogP contribution in [-0.4, -0.2) is 9.13 Å². The van der Waals surface area contributed by atoms with Crippen molar-refractivity contribution in [3.63, 3.8) is 0 Å². The molecule has 0 unspecified atom stereocenters. The van der Waals surface area contributed by atoms with Gasteiger partial charge in [-0.3, -0.25) is 0 Å². The van der Waals surface area contributed by atoms with Gasteiger partial charge in [0.1, 0.15) is 0 Å². The standard InChI is InChI=1S/C92H84N2/c1-89(2,3)69-45-51-79-75(57-69)76-58-70(90(4,5)6)46-52-80(76)93(79)83-55-67(87(65-39-27-17-28-40-65)85(61-31-19-13-20-32-61)62-33-21-14-22-34-62)43-49-73(83)74-50-44-68(88(66-41-29-18-30-42-66)86(63-35-23-15-24-36-63)64-37-25-16-26-38-64)56-84(74)94-81-53-47-71(91(7,8)9)59-77(81)78-60-72(92(10,11)12)48-54-82(78)94/h13-60H,1-12H3. The number of hydrogen-bond donors (Lipinski definition) is 0. The predicted molar refractivity (Wildman–Crippen MR) is 404 cm³/mol. The topological polar surface area (TPSA) is 9.86 Å². The molecular formula is C92H84N2. The lowest BCUT2D eigenvalue weighted by Gasteiger charge is -2.24. The van der Waals surface area contributed by atoms with Gasteiger partial charge in [0.25, 0.3) is 0 Å². The van der Waals surface area contributed by atoms with E-state index in [0.29, 0.717) is 0 Å². The van der Waals surface area contributed by atoms with Gasteiger partial charge >= 0.3 is 0 Å². The van der Waals surface area contributed by atoms with Crippen LogP contribution < -0.4 is 0 Å². The molecule has 12 aromatic carbocycles. The maximum atomic E-state index is 2.60. The van der Waals surface area contributed by atoms with Crippen LogP contribution in [0.1, 0.15) is 150 Å². The first kappa shape index (κ1) is 61.2. The molecule has 2 aromatic heterocycles. The Labute approximate surface area is 556 Å². The lowest BCUT2D eigenvalue weighted by atomic mass is 9.84. The van der Waals surface area contributed by atoms with Crippen LogP contribution in [-0.2, 0) is 21.7 Å². The Morgan fingerprint density at radius 1 is 0.202 bits per heavy atom. The summed E-state index contributed by atoms with van der Waals surface area (Å²) in [5.74, 6) is 0. The molecule has 0 spiro atoms.